The number of hydrogen-bond donors (Lipinski definition) is 1. The van der Waals surface area contributed by atoms with Crippen molar-refractivity contribution in [1.29, 1.82) is 0 Å². The van der Waals surface area contributed by atoms with Crippen LogP contribution in [0.3, 0.4) is 0 Å². The van der Waals surface area contributed by atoms with E-state index in [0.29, 0.717) is 17.7 Å². The summed E-state index contributed by atoms with van der Waals surface area (Å²) >= 11 is 0. The number of nitrogens with one attached hydrogen (secondary N) is 1. The van der Waals surface area contributed by atoms with Crippen molar-refractivity contribution in [2.75, 3.05) is 27.3 Å². The highest BCUT2D eigenvalue weighted by atomic mass is 32.2. The van der Waals surface area contributed by atoms with Gasteiger partial charge in [-0.1, -0.05) is 6.07 Å². The van der Waals surface area contributed by atoms with Gasteiger partial charge >= 0.3 is 0 Å². The largest absolute Gasteiger partial charge is 0.383 e. The summed E-state index contributed by atoms with van der Waals surface area (Å²) in [4.78, 5) is 18.3. The molecule has 0 radical (unpaired) electrons. The maximum atomic E-state index is 12.8. The van der Waals surface area contributed by atoms with E-state index in [2.05, 4.69) is 9.71 Å². The average Bonchev–Trinajstić information content (AvgIpc) is 2.62. The molecule has 7 nitrogen and oxygen atoms in total. The Labute approximate surface area is 154 Å². The van der Waals surface area contributed by atoms with Crippen molar-refractivity contribution in [3.05, 3.63) is 59.4 Å². The van der Waals surface area contributed by atoms with Crippen molar-refractivity contribution in [2.45, 2.75) is 18.4 Å². The van der Waals surface area contributed by atoms with Gasteiger partial charge in [0.1, 0.15) is 0 Å². The van der Waals surface area contributed by atoms with Crippen LogP contribution in [0.4, 0.5) is 0 Å². The summed E-state index contributed by atoms with van der Waals surface area (Å²) in [5, 5.41) is 0. The fourth-order valence-corrected chi connectivity index (χ4v) is 3.44. The minimum Gasteiger partial charge on any atom is -0.383 e. The van der Waals surface area contributed by atoms with Gasteiger partial charge in [-0.15, -0.1) is 0 Å². The molecule has 1 amide bonds. The smallest absolute Gasteiger partial charge is 0.254 e. The fraction of sp³-hybridized carbons (Fsp3) is 0.333. The molecule has 0 spiro atoms. The van der Waals surface area contributed by atoms with Crippen LogP contribution in [-0.2, 0) is 21.3 Å². The molecular weight excluding hydrogens is 354 g/mol. The molecule has 0 atom stereocenters. The number of sulfonamides is 1. The molecule has 2 aromatic rings. The number of ether oxygens (including phenoxy) is 1. The molecule has 0 aliphatic carbocycles. The first-order valence-corrected chi connectivity index (χ1v) is 9.57. The molecule has 0 fully saturated rings. The lowest BCUT2D eigenvalue weighted by Gasteiger charge is -2.19. The number of hydrogen-bond acceptors (Lipinski definition) is 5. The van der Waals surface area contributed by atoms with Crippen molar-refractivity contribution >= 4 is 15.9 Å². The van der Waals surface area contributed by atoms with Gasteiger partial charge < -0.3 is 9.64 Å². The van der Waals surface area contributed by atoms with Gasteiger partial charge in [-0.05, 0) is 42.3 Å². The van der Waals surface area contributed by atoms with Gasteiger partial charge in [-0.25, -0.2) is 13.1 Å². The maximum absolute atomic E-state index is 12.8. The normalized spacial score (nSPS) is 11.3. The lowest BCUT2D eigenvalue weighted by molar-refractivity contribution is 0.0784. The van der Waals surface area contributed by atoms with E-state index in [1.807, 2.05) is 12.1 Å². The molecule has 1 aromatic carbocycles. The lowest BCUT2D eigenvalue weighted by atomic mass is 10.1. The molecule has 0 saturated heterocycles. The predicted octanol–water partition coefficient (Wildman–Crippen LogP) is 1.59. The first-order chi connectivity index (χ1) is 12.3. The summed E-state index contributed by atoms with van der Waals surface area (Å²) in [7, 11) is -0.523. The molecule has 8 heteroatoms. The van der Waals surface area contributed by atoms with Gasteiger partial charge in [0.15, 0.2) is 0 Å². The number of nitrogens with zero attached hydrogens (tertiary/aromatic N) is 2. The summed E-state index contributed by atoms with van der Waals surface area (Å²) < 4.78 is 32.0. The molecule has 0 unspecified atom stereocenters. The Hall–Kier alpha value is -2.29. The van der Waals surface area contributed by atoms with E-state index >= 15 is 0 Å². The number of aryl methyl sites for hydroxylation is 1. The third-order valence-corrected chi connectivity index (χ3v) is 5.32. The van der Waals surface area contributed by atoms with E-state index in [9.17, 15) is 13.2 Å². The Balaban J connectivity index is 2.21. The van der Waals surface area contributed by atoms with E-state index in [4.69, 9.17) is 4.74 Å². The molecule has 1 N–H and O–H groups in total. The highest BCUT2D eigenvalue weighted by molar-refractivity contribution is 7.89. The molecule has 26 heavy (non-hydrogen) atoms. The first-order valence-electron chi connectivity index (χ1n) is 8.09. The highest BCUT2D eigenvalue weighted by Gasteiger charge is 2.20. The second kappa shape index (κ2) is 8.88. The maximum Gasteiger partial charge on any atom is 0.254 e. The summed E-state index contributed by atoms with van der Waals surface area (Å²) in [6.45, 7) is 2.62. The summed E-state index contributed by atoms with van der Waals surface area (Å²) in [5.74, 6) is -0.242. The van der Waals surface area contributed by atoms with Crippen molar-refractivity contribution in [1.82, 2.24) is 14.6 Å². The number of carbonyl (C=O) groups is 1. The van der Waals surface area contributed by atoms with Gasteiger partial charge in [0.05, 0.1) is 11.5 Å². The third kappa shape index (κ3) is 5.10. The van der Waals surface area contributed by atoms with E-state index in [0.717, 1.165) is 5.56 Å². The van der Waals surface area contributed by atoms with Gasteiger partial charge in [-0.3, -0.25) is 9.78 Å². The SMILES string of the molecule is COCCNS(=O)(=O)c1ccc(C)c(C(=O)N(C)Cc2ccncc2)c1. The molecule has 0 saturated carbocycles. The van der Waals surface area contributed by atoms with E-state index in [-0.39, 0.29) is 24.0 Å². The van der Waals surface area contributed by atoms with Crippen LogP contribution in [0.5, 0.6) is 0 Å². The monoisotopic (exact) mass is 377 g/mol. The third-order valence-electron chi connectivity index (χ3n) is 3.86. The molecule has 140 valence electrons. The second-order valence-corrected chi connectivity index (χ2v) is 7.65. The van der Waals surface area contributed by atoms with Crippen LogP contribution in [0.15, 0.2) is 47.6 Å². The zero-order valence-electron chi connectivity index (χ0n) is 15.1. The van der Waals surface area contributed by atoms with Gasteiger partial charge in [0.2, 0.25) is 10.0 Å². The number of rotatable bonds is 8. The van der Waals surface area contributed by atoms with Gasteiger partial charge in [0, 0.05) is 45.2 Å². The van der Waals surface area contributed by atoms with E-state index in [1.54, 1.807) is 37.3 Å². The van der Waals surface area contributed by atoms with Crippen LogP contribution in [0, 0.1) is 6.92 Å². The minimum absolute atomic E-state index is 0.0554. The highest BCUT2D eigenvalue weighted by Crippen LogP contribution is 2.18. The molecule has 2 rings (SSSR count). The standard InChI is InChI=1S/C18H23N3O4S/c1-14-4-5-16(26(23,24)20-10-11-25-3)12-17(14)18(22)21(2)13-15-6-8-19-9-7-15/h4-9,12,20H,10-11,13H2,1-3H3. The quantitative estimate of drug-likeness (QED) is 0.706. The second-order valence-electron chi connectivity index (χ2n) is 5.88. The van der Waals surface area contributed by atoms with Crippen LogP contribution in [0.2, 0.25) is 0 Å². The number of pyridine rings is 1. The molecule has 1 heterocycles. The molecule has 0 aliphatic rings. The van der Waals surface area contributed by atoms with E-state index < -0.39 is 10.0 Å². The number of benzene rings is 1. The molecule has 0 bridgehead atoms. The molecule has 0 aliphatic heterocycles. The molecule has 1 aromatic heterocycles. The van der Waals surface area contributed by atoms with Crippen molar-refractivity contribution in [2.24, 2.45) is 0 Å². The van der Waals surface area contributed by atoms with Crippen LogP contribution in [0.25, 0.3) is 0 Å². The number of methoxy groups -OCH3 is 1. The average molecular weight is 377 g/mol. The Morgan fingerprint density at radius 1 is 1.23 bits per heavy atom. The first kappa shape index (κ1) is 20.0. The van der Waals surface area contributed by atoms with Crippen LogP contribution in [0.1, 0.15) is 21.5 Å². The number of carbonyl (C=O) groups excluding carboxylic acids is 1. The molecular formula is C18H23N3O4S. The number of amides is 1. The lowest BCUT2D eigenvalue weighted by Crippen LogP contribution is -2.29. The summed E-state index contributed by atoms with van der Waals surface area (Å²) in [5.41, 5.74) is 2.02. The van der Waals surface area contributed by atoms with Crippen molar-refractivity contribution in [3.63, 3.8) is 0 Å². The Bertz CT molecular complexity index is 854. The van der Waals surface area contributed by atoms with Gasteiger partial charge in [0.25, 0.3) is 5.91 Å². The Kier molecular flexibility index (Phi) is 6.84. The predicted molar refractivity (Wildman–Crippen MR) is 98.3 cm³/mol. The minimum atomic E-state index is -3.70. The van der Waals surface area contributed by atoms with Gasteiger partial charge in [-0.2, -0.15) is 0 Å². The number of aromatic nitrogens is 1. The zero-order valence-corrected chi connectivity index (χ0v) is 15.9. The van der Waals surface area contributed by atoms with Crippen LogP contribution in [-0.4, -0.2) is 51.5 Å². The Morgan fingerprint density at radius 2 is 1.92 bits per heavy atom. The van der Waals surface area contributed by atoms with Crippen molar-refractivity contribution in [3.8, 4) is 0 Å². The van der Waals surface area contributed by atoms with Crippen LogP contribution < -0.4 is 4.72 Å². The summed E-state index contributed by atoms with van der Waals surface area (Å²) in [6, 6.07) is 8.20. The Morgan fingerprint density at radius 3 is 2.58 bits per heavy atom. The van der Waals surface area contributed by atoms with E-state index in [1.165, 1.54) is 19.2 Å². The van der Waals surface area contributed by atoms with Crippen LogP contribution >= 0.6 is 0 Å². The summed E-state index contributed by atoms with van der Waals surface area (Å²) in [6.07, 6.45) is 3.33. The zero-order chi connectivity index (χ0) is 19.2. The topological polar surface area (TPSA) is 88.6 Å². The fourth-order valence-electron chi connectivity index (χ4n) is 2.40. The van der Waals surface area contributed by atoms with Crippen molar-refractivity contribution < 1.29 is 17.9 Å².